The van der Waals surface area contributed by atoms with Crippen molar-refractivity contribution in [1.82, 2.24) is 10.2 Å². The molecular weight excluding hydrogens is 312 g/mol. The SMILES string of the molecule is COc1cc(CN2CC[C@]3(C)NCCCCC[C@H]23)ccc1OC(C)C. The molecule has 3 rings (SSSR count). The Balaban J connectivity index is 1.73. The van der Waals surface area contributed by atoms with Crippen LogP contribution in [0.2, 0.25) is 0 Å². The number of hydrogen-bond acceptors (Lipinski definition) is 4. The number of nitrogens with one attached hydrogen (secondary N) is 1. The lowest BCUT2D eigenvalue weighted by Gasteiger charge is -2.38. The zero-order valence-electron chi connectivity index (χ0n) is 16.3. The monoisotopic (exact) mass is 346 g/mol. The summed E-state index contributed by atoms with van der Waals surface area (Å²) in [6, 6.07) is 7.01. The summed E-state index contributed by atoms with van der Waals surface area (Å²) in [6.07, 6.45) is 6.71. The molecule has 2 heterocycles. The first-order valence-corrected chi connectivity index (χ1v) is 9.84. The van der Waals surface area contributed by atoms with Crippen LogP contribution in [0.1, 0.15) is 58.4 Å². The average Bonchev–Trinajstić information content (AvgIpc) is 2.85. The highest BCUT2D eigenvalue weighted by atomic mass is 16.5. The van der Waals surface area contributed by atoms with Crippen LogP contribution < -0.4 is 14.8 Å². The Hall–Kier alpha value is -1.26. The number of nitrogens with zero attached hydrogens (tertiary/aromatic N) is 1. The molecule has 0 aromatic heterocycles. The summed E-state index contributed by atoms with van der Waals surface area (Å²) in [7, 11) is 1.72. The Morgan fingerprint density at radius 3 is 2.84 bits per heavy atom. The van der Waals surface area contributed by atoms with Crippen LogP contribution in [-0.2, 0) is 6.54 Å². The Morgan fingerprint density at radius 1 is 1.24 bits per heavy atom. The predicted octanol–water partition coefficient (Wildman–Crippen LogP) is 3.98. The minimum Gasteiger partial charge on any atom is -0.493 e. The number of fused-ring (bicyclic) bond motifs is 1. The minimum absolute atomic E-state index is 0.153. The maximum Gasteiger partial charge on any atom is 0.161 e. The summed E-state index contributed by atoms with van der Waals surface area (Å²) in [5.41, 5.74) is 1.57. The van der Waals surface area contributed by atoms with E-state index >= 15 is 0 Å². The van der Waals surface area contributed by atoms with E-state index in [2.05, 4.69) is 35.3 Å². The van der Waals surface area contributed by atoms with Gasteiger partial charge in [0.25, 0.3) is 0 Å². The van der Waals surface area contributed by atoms with Gasteiger partial charge in [-0.15, -0.1) is 0 Å². The molecule has 0 radical (unpaired) electrons. The molecule has 4 nitrogen and oxygen atoms in total. The van der Waals surface area contributed by atoms with Gasteiger partial charge in [-0.25, -0.2) is 0 Å². The first-order chi connectivity index (χ1) is 12.0. The number of benzene rings is 1. The molecule has 2 aliphatic heterocycles. The molecule has 1 N–H and O–H groups in total. The number of ether oxygens (including phenoxy) is 2. The molecule has 0 unspecified atom stereocenters. The van der Waals surface area contributed by atoms with E-state index in [1.54, 1.807) is 7.11 Å². The van der Waals surface area contributed by atoms with Gasteiger partial charge in [0.1, 0.15) is 0 Å². The van der Waals surface area contributed by atoms with Gasteiger partial charge < -0.3 is 14.8 Å². The minimum atomic E-state index is 0.153. The quantitative estimate of drug-likeness (QED) is 0.874. The van der Waals surface area contributed by atoms with Gasteiger partial charge >= 0.3 is 0 Å². The van der Waals surface area contributed by atoms with Crippen molar-refractivity contribution in [2.75, 3.05) is 20.2 Å². The largest absolute Gasteiger partial charge is 0.493 e. The van der Waals surface area contributed by atoms with Crippen LogP contribution in [0.4, 0.5) is 0 Å². The molecule has 2 saturated heterocycles. The normalized spacial score (nSPS) is 27.6. The van der Waals surface area contributed by atoms with Crippen molar-refractivity contribution in [1.29, 1.82) is 0 Å². The van der Waals surface area contributed by atoms with Crippen LogP contribution in [-0.4, -0.2) is 42.8 Å². The standard InChI is InChI=1S/C21H34N2O2/c1-16(2)25-18-10-9-17(14-19(18)24-4)15-23-13-11-21(3)20(23)8-6-5-7-12-22-21/h9-10,14,16,20,22H,5-8,11-13,15H2,1-4H3/t20-,21-/m0/s1. The van der Waals surface area contributed by atoms with Crippen LogP contribution in [0.3, 0.4) is 0 Å². The van der Waals surface area contributed by atoms with E-state index in [0.717, 1.165) is 24.6 Å². The first-order valence-electron chi connectivity index (χ1n) is 9.84. The Bertz CT molecular complexity index is 575. The Kier molecular flexibility index (Phi) is 5.90. The Labute approximate surface area is 152 Å². The summed E-state index contributed by atoms with van der Waals surface area (Å²) in [5, 5.41) is 3.84. The van der Waals surface area contributed by atoms with E-state index in [9.17, 15) is 0 Å². The summed E-state index contributed by atoms with van der Waals surface area (Å²) >= 11 is 0. The summed E-state index contributed by atoms with van der Waals surface area (Å²) in [5.74, 6) is 1.67. The molecule has 0 aliphatic carbocycles. The first kappa shape index (κ1) is 18.5. The van der Waals surface area contributed by atoms with Crippen LogP contribution in [0.15, 0.2) is 18.2 Å². The van der Waals surface area contributed by atoms with Crippen molar-refractivity contribution in [3.05, 3.63) is 23.8 Å². The summed E-state index contributed by atoms with van der Waals surface area (Å²) in [6.45, 7) is 9.82. The molecule has 0 saturated carbocycles. The smallest absolute Gasteiger partial charge is 0.161 e. The third kappa shape index (κ3) is 4.29. The van der Waals surface area contributed by atoms with Crippen LogP contribution >= 0.6 is 0 Å². The fraction of sp³-hybridized carbons (Fsp3) is 0.714. The van der Waals surface area contributed by atoms with Crippen LogP contribution in [0.5, 0.6) is 11.5 Å². The molecule has 1 aromatic carbocycles. The van der Waals surface area contributed by atoms with E-state index in [1.807, 2.05) is 13.8 Å². The van der Waals surface area contributed by atoms with E-state index in [0.29, 0.717) is 6.04 Å². The van der Waals surface area contributed by atoms with Gasteiger partial charge in [-0.1, -0.05) is 18.9 Å². The second-order valence-electron chi connectivity index (χ2n) is 8.08. The van der Waals surface area contributed by atoms with Crippen LogP contribution in [0, 0.1) is 0 Å². The molecule has 140 valence electrons. The Morgan fingerprint density at radius 2 is 2.08 bits per heavy atom. The van der Waals surface area contributed by atoms with Crippen molar-refractivity contribution in [2.45, 2.75) is 77.1 Å². The number of hydrogen-bond donors (Lipinski definition) is 1. The van der Waals surface area contributed by atoms with E-state index < -0.39 is 0 Å². The molecule has 4 heteroatoms. The second kappa shape index (κ2) is 7.96. The van der Waals surface area contributed by atoms with Crippen molar-refractivity contribution in [3.8, 4) is 11.5 Å². The zero-order chi connectivity index (χ0) is 17.9. The molecule has 2 fully saturated rings. The van der Waals surface area contributed by atoms with Crippen molar-refractivity contribution in [2.24, 2.45) is 0 Å². The van der Waals surface area contributed by atoms with Gasteiger partial charge in [0.2, 0.25) is 0 Å². The van der Waals surface area contributed by atoms with E-state index in [1.165, 1.54) is 44.2 Å². The highest BCUT2D eigenvalue weighted by molar-refractivity contribution is 5.43. The lowest BCUT2D eigenvalue weighted by Crippen LogP contribution is -2.53. The molecule has 1 aromatic rings. The molecule has 25 heavy (non-hydrogen) atoms. The van der Waals surface area contributed by atoms with Gasteiger partial charge in [0.05, 0.1) is 13.2 Å². The van der Waals surface area contributed by atoms with Crippen molar-refractivity contribution in [3.63, 3.8) is 0 Å². The molecule has 0 amide bonds. The van der Waals surface area contributed by atoms with Gasteiger partial charge in [-0.3, -0.25) is 4.90 Å². The van der Waals surface area contributed by atoms with Gasteiger partial charge in [-0.2, -0.15) is 0 Å². The third-order valence-corrected chi connectivity index (χ3v) is 5.75. The lowest BCUT2D eigenvalue weighted by atomic mass is 9.87. The number of likely N-dealkylation sites (tertiary alicyclic amines) is 1. The highest BCUT2D eigenvalue weighted by Crippen LogP contribution is 2.35. The summed E-state index contributed by atoms with van der Waals surface area (Å²) in [4.78, 5) is 2.66. The van der Waals surface area contributed by atoms with Gasteiger partial charge in [0.15, 0.2) is 11.5 Å². The van der Waals surface area contributed by atoms with Crippen LogP contribution in [0.25, 0.3) is 0 Å². The van der Waals surface area contributed by atoms with E-state index in [-0.39, 0.29) is 11.6 Å². The highest BCUT2D eigenvalue weighted by Gasteiger charge is 2.43. The summed E-state index contributed by atoms with van der Waals surface area (Å²) < 4.78 is 11.4. The fourth-order valence-corrected chi connectivity index (χ4v) is 4.41. The topological polar surface area (TPSA) is 33.7 Å². The molecule has 0 bridgehead atoms. The number of methoxy groups -OCH3 is 1. The van der Waals surface area contributed by atoms with E-state index in [4.69, 9.17) is 9.47 Å². The number of rotatable bonds is 5. The average molecular weight is 347 g/mol. The van der Waals surface area contributed by atoms with Gasteiger partial charge in [0, 0.05) is 24.7 Å². The molecular formula is C21H34N2O2. The predicted molar refractivity (Wildman–Crippen MR) is 102 cm³/mol. The maximum absolute atomic E-state index is 5.84. The zero-order valence-corrected chi connectivity index (χ0v) is 16.3. The van der Waals surface area contributed by atoms with Crippen molar-refractivity contribution >= 4 is 0 Å². The molecule has 2 aliphatic rings. The van der Waals surface area contributed by atoms with Crippen molar-refractivity contribution < 1.29 is 9.47 Å². The second-order valence-corrected chi connectivity index (χ2v) is 8.08. The molecule has 2 atom stereocenters. The third-order valence-electron chi connectivity index (χ3n) is 5.75. The van der Waals surface area contributed by atoms with Gasteiger partial charge in [-0.05, 0) is 64.3 Å². The fourth-order valence-electron chi connectivity index (χ4n) is 4.41. The molecule has 0 spiro atoms. The lowest BCUT2D eigenvalue weighted by molar-refractivity contribution is 0.162. The maximum atomic E-state index is 5.84.